The maximum atomic E-state index is 12.3. The van der Waals surface area contributed by atoms with E-state index < -0.39 is 17.9 Å². The standard InChI is InChI=1S/C17H16BrN5O3/c1-11(17(25)26)23-6-5-15(21-23)16(24)20-14-4-2-3-12(7-14)9-22-10-13(18)8-19-22/h2-8,10-11H,9H2,1H3,(H,20,24)(H,25,26). The third-order valence-electron chi connectivity index (χ3n) is 3.73. The van der Waals surface area contributed by atoms with Crippen LogP contribution in [0.2, 0.25) is 0 Å². The Balaban J connectivity index is 1.69. The normalized spacial score (nSPS) is 11.9. The monoisotopic (exact) mass is 417 g/mol. The molecule has 1 amide bonds. The molecule has 1 atom stereocenters. The Morgan fingerprint density at radius 2 is 2.15 bits per heavy atom. The second-order valence-corrected chi connectivity index (χ2v) is 6.62. The van der Waals surface area contributed by atoms with Gasteiger partial charge in [-0.25, -0.2) is 4.79 Å². The quantitative estimate of drug-likeness (QED) is 0.641. The Hall–Kier alpha value is -2.94. The minimum absolute atomic E-state index is 0.152. The van der Waals surface area contributed by atoms with Crippen molar-refractivity contribution < 1.29 is 14.7 Å². The van der Waals surface area contributed by atoms with E-state index in [9.17, 15) is 9.59 Å². The van der Waals surface area contributed by atoms with E-state index in [0.29, 0.717) is 12.2 Å². The molecule has 0 fully saturated rings. The highest BCUT2D eigenvalue weighted by Gasteiger charge is 2.17. The number of halogens is 1. The Morgan fingerprint density at radius 1 is 1.35 bits per heavy atom. The van der Waals surface area contributed by atoms with Gasteiger partial charge in [0.25, 0.3) is 5.91 Å². The van der Waals surface area contributed by atoms with Gasteiger partial charge < -0.3 is 10.4 Å². The molecule has 0 spiro atoms. The number of benzene rings is 1. The molecule has 0 aliphatic rings. The highest BCUT2D eigenvalue weighted by atomic mass is 79.9. The Labute approximate surface area is 157 Å². The van der Waals surface area contributed by atoms with Crippen LogP contribution in [0.5, 0.6) is 0 Å². The first-order chi connectivity index (χ1) is 12.4. The lowest BCUT2D eigenvalue weighted by Gasteiger charge is -2.07. The summed E-state index contributed by atoms with van der Waals surface area (Å²) in [5.41, 5.74) is 1.75. The average Bonchev–Trinajstić information content (AvgIpc) is 3.24. The molecule has 3 rings (SSSR count). The fraction of sp³-hybridized carbons (Fsp3) is 0.176. The summed E-state index contributed by atoms with van der Waals surface area (Å²) in [6.07, 6.45) is 5.04. The molecule has 0 saturated heterocycles. The zero-order chi connectivity index (χ0) is 18.7. The molecule has 0 aliphatic carbocycles. The number of aromatic nitrogens is 4. The lowest BCUT2D eigenvalue weighted by atomic mass is 10.2. The van der Waals surface area contributed by atoms with E-state index in [2.05, 4.69) is 31.4 Å². The molecule has 9 heteroatoms. The smallest absolute Gasteiger partial charge is 0.328 e. The van der Waals surface area contributed by atoms with E-state index in [1.807, 2.05) is 24.4 Å². The van der Waals surface area contributed by atoms with Crippen molar-refractivity contribution in [2.24, 2.45) is 0 Å². The van der Waals surface area contributed by atoms with Gasteiger partial charge in [0.15, 0.2) is 5.69 Å². The summed E-state index contributed by atoms with van der Waals surface area (Å²) >= 11 is 3.35. The van der Waals surface area contributed by atoms with Gasteiger partial charge in [0.05, 0.1) is 17.2 Å². The van der Waals surface area contributed by atoms with Crippen LogP contribution in [-0.2, 0) is 11.3 Å². The summed E-state index contributed by atoms with van der Waals surface area (Å²) < 4.78 is 3.91. The molecular formula is C17H16BrN5O3. The van der Waals surface area contributed by atoms with Gasteiger partial charge >= 0.3 is 5.97 Å². The van der Waals surface area contributed by atoms with Crippen molar-refractivity contribution in [3.05, 3.63) is 64.7 Å². The highest BCUT2D eigenvalue weighted by molar-refractivity contribution is 9.10. The predicted molar refractivity (Wildman–Crippen MR) is 98.0 cm³/mol. The maximum Gasteiger partial charge on any atom is 0.328 e. The largest absolute Gasteiger partial charge is 0.480 e. The van der Waals surface area contributed by atoms with Gasteiger partial charge in [0.2, 0.25) is 0 Å². The molecule has 1 unspecified atom stereocenters. The first-order valence-electron chi connectivity index (χ1n) is 7.78. The minimum Gasteiger partial charge on any atom is -0.480 e. The van der Waals surface area contributed by atoms with Gasteiger partial charge in [-0.3, -0.25) is 14.2 Å². The van der Waals surface area contributed by atoms with Crippen LogP contribution >= 0.6 is 15.9 Å². The van der Waals surface area contributed by atoms with Crippen molar-refractivity contribution in [1.29, 1.82) is 0 Å². The number of hydrogen-bond acceptors (Lipinski definition) is 4. The number of aliphatic carboxylic acids is 1. The summed E-state index contributed by atoms with van der Waals surface area (Å²) in [7, 11) is 0. The second-order valence-electron chi connectivity index (χ2n) is 5.71. The van der Waals surface area contributed by atoms with Crippen molar-refractivity contribution in [3.8, 4) is 0 Å². The SMILES string of the molecule is CC(C(=O)O)n1ccc(C(=O)Nc2cccc(Cn3cc(Br)cn3)c2)n1. The molecule has 26 heavy (non-hydrogen) atoms. The minimum atomic E-state index is -1.02. The summed E-state index contributed by atoms with van der Waals surface area (Å²) in [5, 5.41) is 20.0. The van der Waals surface area contributed by atoms with Gasteiger partial charge in [0.1, 0.15) is 6.04 Å². The molecule has 8 nitrogen and oxygen atoms in total. The molecule has 0 bridgehead atoms. The lowest BCUT2D eigenvalue weighted by Crippen LogP contribution is -2.18. The van der Waals surface area contributed by atoms with Gasteiger partial charge in [-0.1, -0.05) is 12.1 Å². The van der Waals surface area contributed by atoms with Gasteiger partial charge in [-0.05, 0) is 46.6 Å². The van der Waals surface area contributed by atoms with Crippen LogP contribution in [0.1, 0.15) is 29.0 Å². The van der Waals surface area contributed by atoms with Crippen molar-refractivity contribution in [2.75, 3.05) is 5.32 Å². The topological polar surface area (TPSA) is 102 Å². The van der Waals surface area contributed by atoms with Gasteiger partial charge in [-0.15, -0.1) is 0 Å². The van der Waals surface area contributed by atoms with Crippen LogP contribution in [-0.4, -0.2) is 36.5 Å². The summed E-state index contributed by atoms with van der Waals surface area (Å²) in [4.78, 5) is 23.3. The summed E-state index contributed by atoms with van der Waals surface area (Å²) in [6.45, 7) is 2.06. The lowest BCUT2D eigenvalue weighted by molar-refractivity contribution is -0.140. The van der Waals surface area contributed by atoms with Gasteiger partial charge in [-0.2, -0.15) is 10.2 Å². The number of carboxylic acid groups (broad SMARTS) is 1. The van der Waals surface area contributed by atoms with Crippen LogP contribution in [0.3, 0.4) is 0 Å². The van der Waals surface area contributed by atoms with Crippen molar-refractivity contribution in [1.82, 2.24) is 19.6 Å². The van der Waals surface area contributed by atoms with E-state index >= 15 is 0 Å². The van der Waals surface area contributed by atoms with Gasteiger partial charge in [0, 0.05) is 18.1 Å². The number of carbonyl (C=O) groups is 2. The maximum absolute atomic E-state index is 12.3. The van der Waals surface area contributed by atoms with Crippen LogP contribution < -0.4 is 5.32 Å². The molecule has 0 saturated carbocycles. The van der Waals surface area contributed by atoms with E-state index in [1.165, 1.54) is 23.9 Å². The first-order valence-corrected chi connectivity index (χ1v) is 8.58. The number of amides is 1. The number of nitrogens with zero attached hydrogens (tertiary/aromatic N) is 4. The van der Waals surface area contributed by atoms with Crippen LogP contribution in [0.4, 0.5) is 5.69 Å². The van der Waals surface area contributed by atoms with Crippen LogP contribution in [0.25, 0.3) is 0 Å². The first kappa shape index (κ1) is 17.9. The van der Waals surface area contributed by atoms with Crippen LogP contribution in [0, 0.1) is 0 Å². The zero-order valence-corrected chi connectivity index (χ0v) is 15.4. The Morgan fingerprint density at radius 3 is 2.85 bits per heavy atom. The third-order valence-corrected chi connectivity index (χ3v) is 4.14. The Kier molecular flexibility index (Phi) is 5.17. The van der Waals surface area contributed by atoms with E-state index in [1.54, 1.807) is 16.9 Å². The van der Waals surface area contributed by atoms with Crippen molar-refractivity contribution in [2.45, 2.75) is 19.5 Å². The van der Waals surface area contributed by atoms with E-state index in [0.717, 1.165) is 10.0 Å². The molecular weight excluding hydrogens is 402 g/mol. The highest BCUT2D eigenvalue weighted by Crippen LogP contribution is 2.15. The molecule has 134 valence electrons. The number of anilines is 1. The predicted octanol–water partition coefficient (Wildman–Crippen LogP) is 2.79. The molecule has 2 aromatic heterocycles. The second kappa shape index (κ2) is 7.52. The van der Waals surface area contributed by atoms with Crippen molar-refractivity contribution >= 4 is 33.5 Å². The summed E-state index contributed by atoms with van der Waals surface area (Å²) in [6, 6.07) is 8.05. The molecule has 0 aliphatic heterocycles. The number of carbonyl (C=O) groups excluding carboxylic acids is 1. The third kappa shape index (κ3) is 4.17. The molecule has 0 radical (unpaired) electrons. The molecule has 3 aromatic rings. The zero-order valence-electron chi connectivity index (χ0n) is 13.8. The average molecular weight is 418 g/mol. The fourth-order valence-electron chi connectivity index (χ4n) is 2.34. The number of hydrogen-bond donors (Lipinski definition) is 2. The molecule has 1 aromatic carbocycles. The Bertz CT molecular complexity index is 949. The number of nitrogens with one attached hydrogen (secondary N) is 1. The van der Waals surface area contributed by atoms with Crippen molar-refractivity contribution in [3.63, 3.8) is 0 Å². The number of carboxylic acids is 1. The number of rotatable bonds is 6. The fourth-order valence-corrected chi connectivity index (χ4v) is 2.67. The molecule has 2 N–H and O–H groups in total. The molecule has 2 heterocycles. The van der Waals surface area contributed by atoms with E-state index in [4.69, 9.17) is 5.11 Å². The van der Waals surface area contributed by atoms with Crippen LogP contribution in [0.15, 0.2) is 53.4 Å². The summed E-state index contributed by atoms with van der Waals surface area (Å²) in [5.74, 6) is -1.42. The van der Waals surface area contributed by atoms with E-state index in [-0.39, 0.29) is 5.69 Å².